The van der Waals surface area contributed by atoms with Gasteiger partial charge in [-0.1, -0.05) is 36.5 Å². The molecule has 7 heteroatoms. The molecule has 0 radical (unpaired) electrons. The lowest BCUT2D eigenvalue weighted by Gasteiger charge is -2.17. The molecule has 0 saturated heterocycles. The number of para-hydroxylation sites is 1. The molecular weight excluding hydrogens is 312 g/mol. The largest absolute Gasteiger partial charge is 0.408 e. The van der Waals surface area contributed by atoms with Crippen molar-refractivity contribution in [2.45, 2.75) is 38.0 Å². The summed E-state index contributed by atoms with van der Waals surface area (Å²) in [5, 5.41) is 11.1. The first kappa shape index (κ1) is 14.3. The molecule has 0 atom stereocenters. The molecule has 1 N–H and O–H groups in total. The van der Waals surface area contributed by atoms with Crippen LogP contribution in [0.5, 0.6) is 0 Å². The molecule has 0 bridgehead atoms. The van der Waals surface area contributed by atoms with Crippen LogP contribution in [-0.2, 0) is 0 Å². The first-order valence-corrected chi connectivity index (χ1v) is 8.61. The van der Waals surface area contributed by atoms with E-state index in [1.54, 1.807) is 0 Å². The second-order valence-corrected chi connectivity index (χ2v) is 6.75. The van der Waals surface area contributed by atoms with Crippen LogP contribution < -0.4 is 5.32 Å². The van der Waals surface area contributed by atoms with Gasteiger partial charge < -0.3 is 4.42 Å². The van der Waals surface area contributed by atoms with E-state index in [1.807, 2.05) is 24.3 Å². The highest BCUT2D eigenvalue weighted by Crippen LogP contribution is 2.32. The van der Waals surface area contributed by atoms with Crippen molar-refractivity contribution in [2.24, 2.45) is 0 Å². The van der Waals surface area contributed by atoms with Crippen molar-refractivity contribution in [3.05, 3.63) is 35.2 Å². The standard InChI is InChI=1S/C16H16N4O2S/c21-13(15-17-11-8-4-5-9-12(11)23-15)18-16-20-19-14(22-16)10-6-2-1-3-7-10/h4-5,8-10H,1-3,6-7H2,(H,18,20,21). The number of anilines is 1. The lowest BCUT2D eigenvalue weighted by molar-refractivity contribution is 0.102. The van der Waals surface area contributed by atoms with Crippen LogP contribution in [0, 0.1) is 0 Å². The highest BCUT2D eigenvalue weighted by atomic mass is 32.1. The fourth-order valence-corrected chi connectivity index (χ4v) is 3.78. The summed E-state index contributed by atoms with van der Waals surface area (Å²) in [7, 11) is 0. The maximum atomic E-state index is 12.3. The van der Waals surface area contributed by atoms with Gasteiger partial charge in [-0.15, -0.1) is 16.4 Å². The van der Waals surface area contributed by atoms with Crippen LogP contribution in [0.15, 0.2) is 28.7 Å². The Hall–Kier alpha value is -2.28. The Labute approximate surface area is 136 Å². The minimum Gasteiger partial charge on any atom is -0.408 e. The van der Waals surface area contributed by atoms with E-state index in [0.29, 0.717) is 16.8 Å². The topological polar surface area (TPSA) is 80.9 Å². The molecule has 1 aromatic carbocycles. The van der Waals surface area contributed by atoms with Crippen LogP contribution in [0.2, 0.25) is 0 Å². The molecule has 1 aliphatic carbocycles. The van der Waals surface area contributed by atoms with Gasteiger partial charge in [0.2, 0.25) is 5.89 Å². The van der Waals surface area contributed by atoms with Gasteiger partial charge in [-0.3, -0.25) is 10.1 Å². The predicted octanol–water partition coefficient (Wildman–Crippen LogP) is 3.98. The summed E-state index contributed by atoms with van der Waals surface area (Å²) in [6, 6.07) is 7.80. The van der Waals surface area contributed by atoms with Gasteiger partial charge in [-0.25, -0.2) is 4.98 Å². The smallest absolute Gasteiger partial charge is 0.322 e. The highest BCUT2D eigenvalue weighted by molar-refractivity contribution is 7.20. The van der Waals surface area contributed by atoms with Gasteiger partial charge >= 0.3 is 6.01 Å². The quantitative estimate of drug-likeness (QED) is 0.786. The van der Waals surface area contributed by atoms with Gasteiger partial charge in [0.05, 0.1) is 10.2 Å². The molecule has 1 amide bonds. The zero-order valence-corrected chi connectivity index (χ0v) is 13.3. The normalized spacial score (nSPS) is 15.8. The number of rotatable bonds is 3. The van der Waals surface area contributed by atoms with Crippen LogP contribution in [0.4, 0.5) is 6.01 Å². The van der Waals surface area contributed by atoms with Crippen LogP contribution in [-0.4, -0.2) is 21.1 Å². The Morgan fingerprint density at radius 3 is 2.83 bits per heavy atom. The molecular formula is C16H16N4O2S. The number of hydrogen-bond donors (Lipinski definition) is 1. The number of fused-ring (bicyclic) bond motifs is 1. The number of benzene rings is 1. The second-order valence-electron chi connectivity index (χ2n) is 5.72. The van der Waals surface area contributed by atoms with Crippen molar-refractivity contribution in [2.75, 3.05) is 5.32 Å². The van der Waals surface area contributed by atoms with Gasteiger partial charge in [0, 0.05) is 5.92 Å². The van der Waals surface area contributed by atoms with Gasteiger partial charge in [0.1, 0.15) is 0 Å². The molecule has 0 unspecified atom stereocenters. The number of aromatic nitrogens is 3. The van der Waals surface area contributed by atoms with Gasteiger partial charge in [0.25, 0.3) is 5.91 Å². The Morgan fingerprint density at radius 1 is 1.17 bits per heavy atom. The Kier molecular flexibility index (Phi) is 3.78. The predicted molar refractivity (Wildman–Crippen MR) is 87.7 cm³/mol. The molecule has 23 heavy (non-hydrogen) atoms. The first-order valence-electron chi connectivity index (χ1n) is 7.80. The fourth-order valence-electron chi connectivity index (χ4n) is 2.92. The summed E-state index contributed by atoms with van der Waals surface area (Å²) >= 11 is 1.35. The van der Waals surface area contributed by atoms with E-state index < -0.39 is 0 Å². The molecule has 2 heterocycles. The number of carbonyl (C=O) groups is 1. The summed E-state index contributed by atoms with van der Waals surface area (Å²) < 4.78 is 6.59. The molecule has 118 valence electrons. The number of nitrogens with one attached hydrogen (secondary N) is 1. The zero-order valence-electron chi connectivity index (χ0n) is 12.5. The van der Waals surface area contributed by atoms with Crippen molar-refractivity contribution in [1.29, 1.82) is 0 Å². The van der Waals surface area contributed by atoms with Crippen molar-refractivity contribution in [3.8, 4) is 0 Å². The van der Waals surface area contributed by atoms with E-state index in [9.17, 15) is 4.79 Å². The van der Waals surface area contributed by atoms with Crippen LogP contribution in [0.3, 0.4) is 0 Å². The molecule has 1 aliphatic rings. The molecule has 1 saturated carbocycles. The zero-order chi connectivity index (χ0) is 15.6. The van der Waals surface area contributed by atoms with Gasteiger partial charge in [0.15, 0.2) is 5.01 Å². The lowest BCUT2D eigenvalue weighted by atomic mass is 9.89. The molecule has 0 spiro atoms. The maximum absolute atomic E-state index is 12.3. The molecule has 3 aromatic rings. The highest BCUT2D eigenvalue weighted by Gasteiger charge is 2.22. The van der Waals surface area contributed by atoms with E-state index in [1.165, 1.54) is 30.6 Å². The monoisotopic (exact) mass is 328 g/mol. The number of carbonyl (C=O) groups excluding carboxylic acids is 1. The number of nitrogens with zero attached hydrogens (tertiary/aromatic N) is 3. The third-order valence-corrected chi connectivity index (χ3v) is 5.14. The third kappa shape index (κ3) is 2.96. The van der Waals surface area contributed by atoms with Crippen LogP contribution in [0.1, 0.15) is 53.7 Å². The summed E-state index contributed by atoms with van der Waals surface area (Å²) in [5.41, 5.74) is 0.816. The lowest BCUT2D eigenvalue weighted by Crippen LogP contribution is -2.11. The van der Waals surface area contributed by atoms with Crippen LogP contribution >= 0.6 is 11.3 Å². The Morgan fingerprint density at radius 2 is 2.00 bits per heavy atom. The van der Waals surface area contributed by atoms with Crippen molar-refractivity contribution in [3.63, 3.8) is 0 Å². The minimum atomic E-state index is -0.315. The third-order valence-electron chi connectivity index (χ3n) is 4.10. The van der Waals surface area contributed by atoms with Crippen molar-refractivity contribution >= 4 is 33.5 Å². The molecule has 6 nitrogen and oxygen atoms in total. The van der Waals surface area contributed by atoms with E-state index in [2.05, 4.69) is 20.5 Å². The fraction of sp³-hybridized carbons (Fsp3) is 0.375. The summed E-state index contributed by atoms with van der Waals surface area (Å²) in [6.45, 7) is 0. The van der Waals surface area contributed by atoms with E-state index in [-0.39, 0.29) is 11.9 Å². The summed E-state index contributed by atoms with van der Waals surface area (Å²) in [5.74, 6) is 0.638. The summed E-state index contributed by atoms with van der Waals surface area (Å²) in [6.07, 6.45) is 5.81. The molecule has 0 aliphatic heterocycles. The van der Waals surface area contributed by atoms with E-state index in [4.69, 9.17) is 4.42 Å². The number of hydrogen-bond acceptors (Lipinski definition) is 6. The second kappa shape index (κ2) is 6.08. The SMILES string of the molecule is O=C(Nc1nnc(C2CCCCC2)o1)c1nc2ccccc2s1. The Balaban J connectivity index is 1.49. The average Bonchev–Trinajstić information content (AvgIpc) is 3.22. The maximum Gasteiger partial charge on any atom is 0.322 e. The molecule has 1 fully saturated rings. The van der Waals surface area contributed by atoms with E-state index >= 15 is 0 Å². The Bertz CT molecular complexity index is 802. The van der Waals surface area contributed by atoms with Crippen molar-refractivity contribution in [1.82, 2.24) is 15.2 Å². The first-order chi connectivity index (χ1) is 11.3. The van der Waals surface area contributed by atoms with Crippen molar-refractivity contribution < 1.29 is 9.21 Å². The molecule has 2 aromatic heterocycles. The van der Waals surface area contributed by atoms with Crippen LogP contribution in [0.25, 0.3) is 10.2 Å². The van der Waals surface area contributed by atoms with Gasteiger partial charge in [-0.2, -0.15) is 0 Å². The summed E-state index contributed by atoms with van der Waals surface area (Å²) in [4.78, 5) is 16.6. The number of thiazole rings is 1. The number of amides is 1. The minimum absolute atomic E-state index is 0.148. The average molecular weight is 328 g/mol. The van der Waals surface area contributed by atoms with Gasteiger partial charge in [-0.05, 0) is 25.0 Å². The molecule has 4 rings (SSSR count). The van der Waals surface area contributed by atoms with E-state index in [0.717, 1.165) is 23.1 Å².